The Labute approximate surface area is 163 Å². The molecule has 0 fully saturated rings. The Bertz CT molecular complexity index is 811. The molecular weight excluding hydrogens is 364 g/mol. The minimum Gasteiger partial charge on any atom is -0.497 e. The number of benzene rings is 2. The molecule has 0 atom stereocenters. The van der Waals surface area contributed by atoms with E-state index < -0.39 is 11.9 Å². The van der Waals surface area contributed by atoms with Gasteiger partial charge in [0.15, 0.2) is 6.61 Å². The molecule has 8 nitrogen and oxygen atoms in total. The second kappa shape index (κ2) is 10.6. The van der Waals surface area contributed by atoms with Crippen molar-refractivity contribution in [3.05, 3.63) is 53.6 Å². The van der Waals surface area contributed by atoms with Gasteiger partial charge in [-0.05, 0) is 48.9 Å². The van der Waals surface area contributed by atoms with Gasteiger partial charge in [0.1, 0.15) is 17.2 Å². The van der Waals surface area contributed by atoms with Gasteiger partial charge >= 0.3 is 5.97 Å². The first-order valence-electron chi connectivity index (χ1n) is 8.50. The average molecular weight is 386 g/mol. The number of carbonyl (C=O) groups is 2. The van der Waals surface area contributed by atoms with Gasteiger partial charge in [0.25, 0.3) is 5.91 Å². The number of ether oxygens (including phenoxy) is 4. The van der Waals surface area contributed by atoms with Crippen LogP contribution in [0.2, 0.25) is 0 Å². The first kappa shape index (κ1) is 20.8. The summed E-state index contributed by atoms with van der Waals surface area (Å²) in [6.45, 7) is 1.89. The molecule has 148 valence electrons. The zero-order chi connectivity index (χ0) is 20.4. The lowest BCUT2D eigenvalue weighted by molar-refractivity contribution is -0.145. The van der Waals surface area contributed by atoms with Crippen LogP contribution in [0.4, 0.5) is 0 Å². The van der Waals surface area contributed by atoms with Crippen LogP contribution in [-0.4, -0.2) is 45.5 Å². The van der Waals surface area contributed by atoms with Crippen molar-refractivity contribution in [2.45, 2.75) is 6.92 Å². The van der Waals surface area contributed by atoms with E-state index >= 15 is 0 Å². The molecule has 0 spiro atoms. The SMILES string of the molecule is CCOC(=O)COc1ccc(C=NNC(=O)c2cc(OC)cc(OC)c2)cc1. The minimum absolute atomic E-state index is 0.151. The highest BCUT2D eigenvalue weighted by Gasteiger charge is 2.09. The summed E-state index contributed by atoms with van der Waals surface area (Å²) in [4.78, 5) is 23.5. The van der Waals surface area contributed by atoms with Crippen LogP contribution >= 0.6 is 0 Å². The van der Waals surface area contributed by atoms with E-state index in [2.05, 4.69) is 10.5 Å². The van der Waals surface area contributed by atoms with Gasteiger partial charge in [-0.3, -0.25) is 4.79 Å². The van der Waals surface area contributed by atoms with Crippen molar-refractivity contribution in [3.8, 4) is 17.2 Å². The summed E-state index contributed by atoms with van der Waals surface area (Å²) in [5.41, 5.74) is 3.55. The van der Waals surface area contributed by atoms with Gasteiger partial charge in [0.2, 0.25) is 0 Å². The number of nitrogens with one attached hydrogen (secondary N) is 1. The van der Waals surface area contributed by atoms with Crippen molar-refractivity contribution >= 4 is 18.1 Å². The van der Waals surface area contributed by atoms with Gasteiger partial charge in [-0.25, -0.2) is 10.2 Å². The third-order valence-electron chi connectivity index (χ3n) is 3.54. The van der Waals surface area contributed by atoms with E-state index in [4.69, 9.17) is 18.9 Å². The Hall–Kier alpha value is -3.55. The molecule has 0 saturated heterocycles. The average Bonchev–Trinajstić information content (AvgIpc) is 2.72. The summed E-state index contributed by atoms with van der Waals surface area (Å²) < 4.78 is 20.4. The van der Waals surface area contributed by atoms with E-state index in [-0.39, 0.29) is 6.61 Å². The number of carbonyl (C=O) groups excluding carboxylic acids is 2. The van der Waals surface area contributed by atoms with E-state index in [9.17, 15) is 9.59 Å². The van der Waals surface area contributed by atoms with Crippen LogP contribution < -0.4 is 19.6 Å². The van der Waals surface area contributed by atoms with E-state index in [0.29, 0.717) is 29.4 Å². The van der Waals surface area contributed by atoms with Gasteiger partial charge in [-0.1, -0.05) is 0 Å². The molecular formula is C20H22N2O6. The lowest BCUT2D eigenvalue weighted by atomic mass is 10.2. The summed E-state index contributed by atoms with van der Waals surface area (Å²) in [5, 5.41) is 3.94. The largest absolute Gasteiger partial charge is 0.497 e. The smallest absolute Gasteiger partial charge is 0.344 e. The molecule has 2 aromatic rings. The maximum Gasteiger partial charge on any atom is 0.344 e. The predicted molar refractivity (Wildman–Crippen MR) is 103 cm³/mol. The molecule has 0 unspecified atom stereocenters. The normalized spacial score (nSPS) is 10.4. The van der Waals surface area contributed by atoms with E-state index in [0.717, 1.165) is 5.56 Å². The topological polar surface area (TPSA) is 95.5 Å². The van der Waals surface area contributed by atoms with E-state index in [1.807, 2.05) is 0 Å². The van der Waals surface area contributed by atoms with Crippen LogP contribution in [0.15, 0.2) is 47.6 Å². The Morgan fingerprint density at radius 1 is 1.00 bits per heavy atom. The molecule has 8 heteroatoms. The fourth-order valence-electron chi connectivity index (χ4n) is 2.16. The zero-order valence-electron chi connectivity index (χ0n) is 15.9. The van der Waals surface area contributed by atoms with Crippen LogP contribution in [-0.2, 0) is 9.53 Å². The van der Waals surface area contributed by atoms with Crippen molar-refractivity contribution in [3.63, 3.8) is 0 Å². The Morgan fingerprint density at radius 3 is 2.21 bits per heavy atom. The molecule has 0 aromatic heterocycles. The van der Waals surface area contributed by atoms with Gasteiger partial charge in [0, 0.05) is 11.6 Å². The monoisotopic (exact) mass is 386 g/mol. The van der Waals surface area contributed by atoms with Crippen LogP contribution in [0.1, 0.15) is 22.8 Å². The maximum absolute atomic E-state index is 12.2. The Balaban J connectivity index is 1.92. The molecule has 2 aromatic carbocycles. The maximum atomic E-state index is 12.2. The standard InChI is InChI=1S/C20H22N2O6/c1-4-27-19(23)13-28-16-7-5-14(6-8-16)12-21-22-20(24)15-9-17(25-2)11-18(10-15)26-3/h5-12H,4,13H2,1-3H3,(H,22,24). The van der Waals surface area contributed by atoms with Crippen molar-refractivity contribution in [1.29, 1.82) is 0 Å². The molecule has 0 saturated carbocycles. The quantitative estimate of drug-likeness (QED) is 0.404. The van der Waals surface area contributed by atoms with Crippen molar-refractivity contribution in [2.24, 2.45) is 5.10 Å². The van der Waals surface area contributed by atoms with Gasteiger partial charge in [0.05, 0.1) is 27.0 Å². The second-order valence-electron chi connectivity index (χ2n) is 5.46. The summed E-state index contributed by atoms with van der Waals surface area (Å²) in [6.07, 6.45) is 1.49. The second-order valence-corrected chi connectivity index (χ2v) is 5.46. The molecule has 0 aliphatic heterocycles. The molecule has 0 aliphatic rings. The first-order chi connectivity index (χ1) is 13.5. The molecule has 0 heterocycles. The lowest BCUT2D eigenvalue weighted by Gasteiger charge is -2.07. The molecule has 28 heavy (non-hydrogen) atoms. The summed E-state index contributed by atoms with van der Waals surface area (Å²) in [5.74, 6) is 0.712. The number of methoxy groups -OCH3 is 2. The summed E-state index contributed by atoms with van der Waals surface area (Å²) >= 11 is 0. The molecule has 0 radical (unpaired) electrons. The van der Waals surface area contributed by atoms with Crippen molar-refractivity contribution in [1.82, 2.24) is 5.43 Å². The Kier molecular flexibility index (Phi) is 7.83. The number of hydrogen-bond donors (Lipinski definition) is 1. The summed E-state index contributed by atoms with van der Waals surface area (Å²) in [7, 11) is 3.02. The van der Waals surface area contributed by atoms with Crippen LogP contribution in [0.3, 0.4) is 0 Å². The number of nitrogens with zero attached hydrogens (tertiary/aromatic N) is 1. The molecule has 1 N–H and O–H groups in total. The van der Waals surface area contributed by atoms with Gasteiger partial charge in [-0.15, -0.1) is 0 Å². The van der Waals surface area contributed by atoms with Crippen molar-refractivity contribution in [2.75, 3.05) is 27.4 Å². The fourth-order valence-corrected chi connectivity index (χ4v) is 2.16. The predicted octanol–water partition coefficient (Wildman–Crippen LogP) is 2.41. The first-order valence-corrected chi connectivity index (χ1v) is 8.50. The third kappa shape index (κ3) is 6.31. The minimum atomic E-state index is -0.426. The highest BCUT2D eigenvalue weighted by molar-refractivity contribution is 5.95. The molecule has 0 aliphatic carbocycles. The molecule has 1 amide bonds. The number of rotatable bonds is 9. The highest BCUT2D eigenvalue weighted by Crippen LogP contribution is 2.22. The molecule has 2 rings (SSSR count). The molecule has 0 bridgehead atoms. The fraction of sp³-hybridized carbons (Fsp3) is 0.250. The van der Waals surface area contributed by atoms with E-state index in [1.165, 1.54) is 20.4 Å². The van der Waals surface area contributed by atoms with Gasteiger partial charge in [-0.2, -0.15) is 5.10 Å². The van der Waals surface area contributed by atoms with Crippen LogP contribution in [0, 0.1) is 0 Å². The third-order valence-corrected chi connectivity index (χ3v) is 3.54. The summed E-state index contributed by atoms with van der Waals surface area (Å²) in [6, 6.07) is 11.7. The van der Waals surface area contributed by atoms with Crippen molar-refractivity contribution < 1.29 is 28.5 Å². The lowest BCUT2D eigenvalue weighted by Crippen LogP contribution is -2.17. The number of esters is 1. The van der Waals surface area contributed by atoms with Crippen LogP contribution in [0.5, 0.6) is 17.2 Å². The highest BCUT2D eigenvalue weighted by atomic mass is 16.6. The zero-order valence-corrected chi connectivity index (χ0v) is 15.9. The number of hydrogen-bond acceptors (Lipinski definition) is 7. The number of amides is 1. The van der Waals surface area contributed by atoms with Crippen LogP contribution in [0.25, 0.3) is 0 Å². The van der Waals surface area contributed by atoms with Gasteiger partial charge < -0.3 is 18.9 Å². The van der Waals surface area contributed by atoms with E-state index in [1.54, 1.807) is 49.4 Å². The number of hydrazone groups is 1. The Morgan fingerprint density at radius 2 is 1.64 bits per heavy atom.